The van der Waals surface area contributed by atoms with Crippen LogP contribution in [0, 0.1) is 6.92 Å². The van der Waals surface area contributed by atoms with Gasteiger partial charge in [-0.3, -0.25) is 4.79 Å². The maximum Gasteiger partial charge on any atom is 0.260 e. The predicted octanol–water partition coefficient (Wildman–Crippen LogP) is 2.38. The maximum absolute atomic E-state index is 11.9. The first kappa shape index (κ1) is 12.5. The molecule has 2 aromatic heterocycles. The Hall–Kier alpha value is -1.95. The van der Waals surface area contributed by atoms with E-state index in [1.165, 1.54) is 6.20 Å². The van der Waals surface area contributed by atoms with Gasteiger partial charge < -0.3 is 11.1 Å². The van der Waals surface area contributed by atoms with Gasteiger partial charge >= 0.3 is 0 Å². The molecule has 0 aliphatic rings. The average molecular weight is 307 g/mol. The van der Waals surface area contributed by atoms with Crippen LogP contribution in [-0.4, -0.2) is 15.9 Å². The third kappa shape index (κ3) is 2.65. The van der Waals surface area contributed by atoms with E-state index in [4.69, 9.17) is 5.73 Å². The molecule has 0 aromatic carbocycles. The summed E-state index contributed by atoms with van der Waals surface area (Å²) < 4.78 is 0.890. The number of carbonyl (C=O) groups excluding carboxylic acids is 1. The number of nitrogens with one attached hydrogen (secondary N) is 1. The minimum atomic E-state index is -0.324. The molecule has 0 saturated heterocycles. The second kappa shape index (κ2) is 5.14. The Morgan fingerprint density at radius 1 is 1.44 bits per heavy atom. The molecule has 2 rings (SSSR count). The molecule has 0 bridgehead atoms. The smallest absolute Gasteiger partial charge is 0.260 e. The fraction of sp³-hybridized carbons (Fsp3) is 0.0833. The van der Waals surface area contributed by atoms with Gasteiger partial charge in [-0.2, -0.15) is 0 Å². The third-order valence-electron chi connectivity index (χ3n) is 2.37. The van der Waals surface area contributed by atoms with Gasteiger partial charge in [0, 0.05) is 16.9 Å². The van der Waals surface area contributed by atoms with E-state index in [1.807, 2.05) is 6.92 Å². The lowest BCUT2D eigenvalue weighted by Gasteiger charge is -2.07. The first-order valence-electron chi connectivity index (χ1n) is 5.22. The molecule has 0 unspecified atom stereocenters. The summed E-state index contributed by atoms with van der Waals surface area (Å²) in [6.45, 7) is 1.92. The molecule has 0 aliphatic heterocycles. The van der Waals surface area contributed by atoms with Crippen LogP contribution in [0.2, 0.25) is 0 Å². The first-order valence-corrected chi connectivity index (χ1v) is 6.01. The summed E-state index contributed by atoms with van der Waals surface area (Å²) in [7, 11) is 0. The average Bonchev–Trinajstić information content (AvgIpc) is 2.34. The number of rotatable bonds is 2. The van der Waals surface area contributed by atoms with Crippen molar-refractivity contribution in [1.29, 1.82) is 0 Å². The summed E-state index contributed by atoms with van der Waals surface area (Å²) in [5.74, 6) is 0.350. The molecular formula is C12H11BrN4O. The van der Waals surface area contributed by atoms with Crippen molar-refractivity contribution in [3.05, 3.63) is 46.2 Å². The lowest BCUT2D eigenvalue weighted by atomic mass is 10.2. The van der Waals surface area contributed by atoms with Crippen LogP contribution >= 0.6 is 15.9 Å². The molecule has 92 valence electrons. The minimum absolute atomic E-state index is 0.198. The van der Waals surface area contributed by atoms with Gasteiger partial charge in [0.1, 0.15) is 11.6 Å². The highest BCUT2D eigenvalue weighted by atomic mass is 79.9. The minimum Gasteiger partial charge on any atom is -0.383 e. The van der Waals surface area contributed by atoms with Crippen molar-refractivity contribution < 1.29 is 4.79 Å². The van der Waals surface area contributed by atoms with Crippen LogP contribution in [0.5, 0.6) is 0 Å². The zero-order valence-corrected chi connectivity index (χ0v) is 11.2. The number of nitrogens with two attached hydrogens (primary N) is 1. The van der Waals surface area contributed by atoms with Gasteiger partial charge in [-0.1, -0.05) is 0 Å². The Morgan fingerprint density at radius 2 is 2.22 bits per heavy atom. The van der Waals surface area contributed by atoms with Gasteiger partial charge in [0.2, 0.25) is 0 Å². The number of amides is 1. The molecule has 6 heteroatoms. The molecular weight excluding hydrogens is 296 g/mol. The molecule has 0 fully saturated rings. The third-order valence-corrected chi connectivity index (χ3v) is 3.20. The van der Waals surface area contributed by atoms with Crippen LogP contribution in [-0.2, 0) is 0 Å². The van der Waals surface area contributed by atoms with Gasteiger partial charge in [-0.25, -0.2) is 9.97 Å². The number of nitrogens with zero attached hydrogens (tertiary/aromatic N) is 2. The molecule has 18 heavy (non-hydrogen) atoms. The summed E-state index contributed by atoms with van der Waals surface area (Å²) in [4.78, 5) is 19.9. The van der Waals surface area contributed by atoms with Gasteiger partial charge in [-0.05, 0) is 46.6 Å². The highest BCUT2D eigenvalue weighted by molar-refractivity contribution is 9.10. The van der Waals surface area contributed by atoms with Crippen molar-refractivity contribution in [3.63, 3.8) is 0 Å². The summed E-state index contributed by atoms with van der Waals surface area (Å²) in [5, 5.41) is 2.68. The summed E-state index contributed by atoms with van der Waals surface area (Å²) in [6.07, 6.45) is 3.17. The number of pyridine rings is 2. The van der Waals surface area contributed by atoms with Crippen molar-refractivity contribution in [2.24, 2.45) is 0 Å². The molecule has 1 amide bonds. The van der Waals surface area contributed by atoms with Crippen LogP contribution in [0.25, 0.3) is 0 Å². The number of nitrogen functional groups attached to an aromatic ring is 1. The Balaban J connectivity index is 2.22. The van der Waals surface area contributed by atoms with E-state index >= 15 is 0 Å². The van der Waals surface area contributed by atoms with Crippen LogP contribution in [0.1, 0.15) is 15.9 Å². The van der Waals surface area contributed by atoms with Gasteiger partial charge in [0.15, 0.2) is 0 Å². The maximum atomic E-state index is 11.9. The van der Waals surface area contributed by atoms with Gasteiger partial charge in [0.05, 0.1) is 5.56 Å². The molecule has 3 N–H and O–H groups in total. The summed E-state index contributed by atoms with van der Waals surface area (Å²) in [6, 6.07) is 5.05. The molecule has 0 spiro atoms. The number of halogens is 1. The largest absolute Gasteiger partial charge is 0.383 e. The zero-order chi connectivity index (χ0) is 13.1. The monoisotopic (exact) mass is 306 g/mol. The number of aromatic nitrogens is 2. The van der Waals surface area contributed by atoms with Crippen molar-refractivity contribution in [2.45, 2.75) is 6.92 Å². The second-order valence-electron chi connectivity index (χ2n) is 3.71. The Labute approximate surface area is 113 Å². The van der Waals surface area contributed by atoms with E-state index in [1.54, 1.807) is 24.4 Å². The van der Waals surface area contributed by atoms with Crippen LogP contribution in [0.15, 0.2) is 35.1 Å². The van der Waals surface area contributed by atoms with Crippen LogP contribution in [0.3, 0.4) is 0 Å². The normalized spacial score (nSPS) is 10.1. The number of carbonyl (C=O) groups is 1. The van der Waals surface area contributed by atoms with Crippen molar-refractivity contribution >= 4 is 33.5 Å². The molecule has 0 saturated carbocycles. The fourth-order valence-electron chi connectivity index (χ4n) is 1.40. The quantitative estimate of drug-likeness (QED) is 0.892. The molecule has 2 aromatic rings. The molecule has 2 heterocycles. The van der Waals surface area contributed by atoms with Gasteiger partial charge in [0.25, 0.3) is 5.91 Å². The second-order valence-corrected chi connectivity index (χ2v) is 4.56. The molecule has 5 nitrogen and oxygen atoms in total. The van der Waals surface area contributed by atoms with Gasteiger partial charge in [-0.15, -0.1) is 0 Å². The number of hydrogen-bond acceptors (Lipinski definition) is 4. The fourth-order valence-corrected chi connectivity index (χ4v) is 1.62. The topological polar surface area (TPSA) is 80.9 Å². The Kier molecular flexibility index (Phi) is 3.57. The van der Waals surface area contributed by atoms with E-state index in [0.29, 0.717) is 11.4 Å². The Bertz CT molecular complexity index is 600. The number of hydrogen-bond donors (Lipinski definition) is 2. The standard InChI is InChI=1S/C12H11BrN4O/c1-7-5-10(16-6-9(7)13)17-12(18)8-3-2-4-15-11(8)14/h2-6H,1H3,(H2,14,15)(H,16,17,18). The van der Waals surface area contributed by atoms with E-state index in [2.05, 4.69) is 31.2 Å². The van der Waals surface area contributed by atoms with E-state index in [0.717, 1.165) is 10.0 Å². The highest BCUT2D eigenvalue weighted by Crippen LogP contribution is 2.18. The zero-order valence-electron chi connectivity index (χ0n) is 9.64. The Morgan fingerprint density at radius 3 is 2.89 bits per heavy atom. The number of aryl methyl sites for hydroxylation is 1. The molecule has 0 atom stereocenters. The van der Waals surface area contributed by atoms with Crippen LogP contribution < -0.4 is 11.1 Å². The van der Waals surface area contributed by atoms with Crippen molar-refractivity contribution in [2.75, 3.05) is 11.1 Å². The van der Waals surface area contributed by atoms with E-state index in [9.17, 15) is 4.79 Å². The van der Waals surface area contributed by atoms with E-state index in [-0.39, 0.29) is 11.7 Å². The number of anilines is 2. The first-order chi connectivity index (χ1) is 8.58. The lowest BCUT2D eigenvalue weighted by molar-refractivity contribution is 0.102. The summed E-state index contributed by atoms with van der Waals surface area (Å²) >= 11 is 3.35. The SMILES string of the molecule is Cc1cc(NC(=O)c2cccnc2N)ncc1Br. The molecule has 0 radical (unpaired) electrons. The van der Waals surface area contributed by atoms with Crippen LogP contribution in [0.4, 0.5) is 11.6 Å². The highest BCUT2D eigenvalue weighted by Gasteiger charge is 2.11. The van der Waals surface area contributed by atoms with Crippen molar-refractivity contribution in [1.82, 2.24) is 9.97 Å². The lowest BCUT2D eigenvalue weighted by Crippen LogP contribution is -2.15. The molecule has 0 aliphatic carbocycles. The summed E-state index contributed by atoms with van der Waals surface area (Å²) in [5.41, 5.74) is 6.95. The predicted molar refractivity (Wildman–Crippen MR) is 73.3 cm³/mol. The van der Waals surface area contributed by atoms with Crippen molar-refractivity contribution in [3.8, 4) is 0 Å². The van der Waals surface area contributed by atoms with E-state index < -0.39 is 0 Å².